The summed E-state index contributed by atoms with van der Waals surface area (Å²) < 4.78 is 38.8. The van der Waals surface area contributed by atoms with Gasteiger partial charge in [-0.1, -0.05) is 41.9 Å². The molecule has 0 aliphatic heterocycles. The van der Waals surface area contributed by atoms with Crippen LogP contribution in [0.15, 0.2) is 30.3 Å². The number of rotatable bonds is 1. The number of hydrogen-bond donors (Lipinski definition) is 0. The predicted molar refractivity (Wildman–Crippen MR) is 58.7 cm³/mol. The van der Waals surface area contributed by atoms with E-state index < -0.39 is 11.9 Å². The highest BCUT2D eigenvalue weighted by Gasteiger charge is 2.38. The Labute approximate surface area is 101 Å². The first kappa shape index (κ1) is 12.0. The summed E-state index contributed by atoms with van der Waals surface area (Å²) in [4.78, 5) is 0. The van der Waals surface area contributed by atoms with E-state index in [-0.39, 0.29) is 10.7 Å². The smallest absolute Gasteiger partial charge is 0.262 e. The molecule has 0 spiro atoms. The molecule has 90 valence electrons. The molecule has 1 heterocycles. The molecule has 0 saturated heterocycles. The number of aromatic nitrogens is 2. The number of hydrogen-bond acceptors (Lipinski definition) is 1. The fourth-order valence-corrected chi connectivity index (χ4v) is 1.96. The van der Waals surface area contributed by atoms with Crippen molar-refractivity contribution in [2.45, 2.75) is 6.18 Å². The Morgan fingerprint density at radius 1 is 1.18 bits per heavy atom. The van der Waals surface area contributed by atoms with E-state index in [4.69, 9.17) is 11.6 Å². The summed E-state index contributed by atoms with van der Waals surface area (Å²) in [7, 11) is 1.22. The first-order chi connectivity index (χ1) is 7.91. The van der Waals surface area contributed by atoms with E-state index in [1.807, 2.05) is 0 Å². The molecule has 0 aliphatic rings. The highest BCUT2D eigenvalue weighted by Crippen LogP contribution is 2.39. The molecule has 17 heavy (non-hydrogen) atoms. The van der Waals surface area contributed by atoms with Gasteiger partial charge in [-0.2, -0.15) is 18.3 Å². The summed E-state index contributed by atoms with van der Waals surface area (Å²) in [5, 5.41) is 3.44. The minimum atomic E-state index is -4.51. The molecular weight excluding hydrogens is 253 g/mol. The van der Waals surface area contributed by atoms with Crippen molar-refractivity contribution in [1.29, 1.82) is 0 Å². The van der Waals surface area contributed by atoms with Gasteiger partial charge in [0.1, 0.15) is 5.69 Å². The van der Waals surface area contributed by atoms with Crippen molar-refractivity contribution < 1.29 is 13.2 Å². The van der Waals surface area contributed by atoms with Gasteiger partial charge in [0.15, 0.2) is 5.69 Å². The Kier molecular flexibility index (Phi) is 2.87. The van der Waals surface area contributed by atoms with E-state index in [1.165, 1.54) is 7.05 Å². The van der Waals surface area contributed by atoms with Crippen LogP contribution in [0.4, 0.5) is 13.2 Å². The van der Waals surface area contributed by atoms with E-state index in [9.17, 15) is 13.2 Å². The van der Waals surface area contributed by atoms with Gasteiger partial charge in [-0.05, 0) is 0 Å². The summed E-state index contributed by atoms with van der Waals surface area (Å²) in [6, 6.07) is 8.52. The molecule has 0 saturated carbocycles. The molecule has 0 radical (unpaired) electrons. The van der Waals surface area contributed by atoms with E-state index >= 15 is 0 Å². The zero-order valence-corrected chi connectivity index (χ0v) is 9.55. The molecule has 6 heteroatoms. The Hall–Kier alpha value is -1.49. The number of alkyl halides is 3. The summed E-state index contributed by atoms with van der Waals surface area (Å²) in [5.74, 6) is 0. The molecule has 2 rings (SSSR count). The zero-order chi connectivity index (χ0) is 12.6. The number of aryl methyl sites for hydroxylation is 1. The molecule has 0 atom stereocenters. The van der Waals surface area contributed by atoms with Crippen molar-refractivity contribution in [2.24, 2.45) is 7.05 Å². The van der Waals surface area contributed by atoms with Gasteiger partial charge >= 0.3 is 6.18 Å². The average molecular weight is 261 g/mol. The second kappa shape index (κ2) is 4.07. The van der Waals surface area contributed by atoms with E-state index in [0.29, 0.717) is 5.56 Å². The fraction of sp³-hybridized carbons (Fsp3) is 0.182. The number of benzene rings is 1. The molecule has 0 fully saturated rings. The van der Waals surface area contributed by atoms with Crippen LogP contribution in [0.2, 0.25) is 5.02 Å². The molecule has 0 bridgehead atoms. The lowest BCUT2D eigenvalue weighted by Gasteiger charge is -2.06. The molecule has 2 nitrogen and oxygen atoms in total. The van der Waals surface area contributed by atoms with Crippen LogP contribution in [0.3, 0.4) is 0 Å². The maximum absolute atomic E-state index is 12.7. The largest absolute Gasteiger partial charge is 0.434 e. The summed E-state index contributed by atoms with van der Waals surface area (Å²) in [6.45, 7) is 0. The van der Waals surface area contributed by atoms with E-state index in [1.54, 1.807) is 30.3 Å². The molecule has 1 aromatic carbocycles. The van der Waals surface area contributed by atoms with Crippen LogP contribution in [0, 0.1) is 0 Å². The van der Waals surface area contributed by atoms with Crippen molar-refractivity contribution in [1.82, 2.24) is 9.78 Å². The molecule has 0 unspecified atom stereocenters. The lowest BCUT2D eigenvalue weighted by Crippen LogP contribution is -2.12. The van der Waals surface area contributed by atoms with Crippen molar-refractivity contribution in [3.05, 3.63) is 41.0 Å². The minimum absolute atomic E-state index is 0.141. The van der Waals surface area contributed by atoms with Crippen molar-refractivity contribution in [3.63, 3.8) is 0 Å². The highest BCUT2D eigenvalue weighted by molar-refractivity contribution is 6.33. The molecule has 2 aromatic rings. The lowest BCUT2D eigenvalue weighted by atomic mass is 10.1. The van der Waals surface area contributed by atoms with Crippen LogP contribution >= 0.6 is 11.6 Å². The normalized spacial score (nSPS) is 11.8. The SMILES string of the molecule is Cn1nc(-c2ccccc2)c(Cl)c1C(F)(F)F. The van der Waals surface area contributed by atoms with E-state index in [2.05, 4.69) is 5.10 Å². The topological polar surface area (TPSA) is 17.8 Å². The van der Waals surface area contributed by atoms with E-state index in [0.717, 1.165) is 4.68 Å². The highest BCUT2D eigenvalue weighted by atomic mass is 35.5. The van der Waals surface area contributed by atoms with Gasteiger partial charge in [0.25, 0.3) is 0 Å². The third-order valence-electron chi connectivity index (χ3n) is 2.31. The summed E-state index contributed by atoms with van der Waals surface area (Å²) in [6.07, 6.45) is -4.51. The van der Waals surface area contributed by atoms with Crippen LogP contribution in [0.25, 0.3) is 11.3 Å². The Morgan fingerprint density at radius 3 is 2.24 bits per heavy atom. The van der Waals surface area contributed by atoms with Gasteiger partial charge in [-0.25, -0.2) is 0 Å². The van der Waals surface area contributed by atoms with Crippen molar-refractivity contribution >= 4 is 11.6 Å². The Bertz CT molecular complexity index is 532. The van der Waals surface area contributed by atoms with Crippen LogP contribution in [0.5, 0.6) is 0 Å². The molecule has 0 N–H and O–H groups in total. The van der Waals surface area contributed by atoms with Crippen LogP contribution < -0.4 is 0 Å². The molecule has 0 amide bonds. The van der Waals surface area contributed by atoms with Gasteiger partial charge < -0.3 is 0 Å². The van der Waals surface area contributed by atoms with Crippen molar-refractivity contribution in [2.75, 3.05) is 0 Å². The maximum Gasteiger partial charge on any atom is 0.434 e. The third-order valence-corrected chi connectivity index (χ3v) is 2.66. The number of halogens is 4. The summed E-state index contributed by atoms with van der Waals surface area (Å²) >= 11 is 5.75. The quantitative estimate of drug-likeness (QED) is 0.763. The van der Waals surface area contributed by atoms with Gasteiger partial charge in [-0.15, -0.1) is 0 Å². The van der Waals surface area contributed by atoms with Crippen LogP contribution in [-0.2, 0) is 13.2 Å². The molecule has 0 aliphatic carbocycles. The first-order valence-corrected chi connectivity index (χ1v) is 5.14. The molecular formula is C11H8ClF3N2. The zero-order valence-electron chi connectivity index (χ0n) is 8.79. The fourth-order valence-electron chi connectivity index (χ4n) is 1.59. The maximum atomic E-state index is 12.7. The Morgan fingerprint density at radius 2 is 1.76 bits per heavy atom. The number of nitrogens with zero attached hydrogens (tertiary/aromatic N) is 2. The van der Waals surface area contributed by atoms with Crippen molar-refractivity contribution in [3.8, 4) is 11.3 Å². The third kappa shape index (κ3) is 2.15. The summed E-state index contributed by atoms with van der Waals surface area (Å²) in [5.41, 5.74) is -0.233. The standard InChI is InChI=1S/C11H8ClF3N2/c1-17-10(11(13,14)15)8(12)9(16-17)7-5-3-2-4-6-7/h2-6H,1H3. The first-order valence-electron chi connectivity index (χ1n) is 4.76. The molecule has 1 aromatic heterocycles. The monoisotopic (exact) mass is 260 g/mol. The van der Waals surface area contributed by atoms with Gasteiger partial charge in [0.2, 0.25) is 0 Å². The van der Waals surface area contributed by atoms with Crippen LogP contribution in [0.1, 0.15) is 5.69 Å². The average Bonchev–Trinajstić information content (AvgIpc) is 2.54. The second-order valence-corrected chi connectivity index (χ2v) is 3.88. The van der Waals surface area contributed by atoms with Gasteiger partial charge in [0, 0.05) is 12.6 Å². The van der Waals surface area contributed by atoms with Gasteiger partial charge in [0.05, 0.1) is 5.02 Å². The minimum Gasteiger partial charge on any atom is -0.262 e. The second-order valence-electron chi connectivity index (χ2n) is 3.50. The Balaban J connectivity index is 2.60. The predicted octanol–water partition coefficient (Wildman–Crippen LogP) is 3.76. The van der Waals surface area contributed by atoms with Gasteiger partial charge in [-0.3, -0.25) is 4.68 Å². The van der Waals surface area contributed by atoms with Crippen LogP contribution in [-0.4, -0.2) is 9.78 Å². The lowest BCUT2D eigenvalue weighted by molar-refractivity contribution is -0.143.